The van der Waals surface area contributed by atoms with E-state index in [0.29, 0.717) is 24.6 Å². The van der Waals surface area contributed by atoms with Crippen LogP contribution in [0, 0.1) is 17.2 Å². The minimum Gasteiger partial charge on any atom is -0.354 e. The number of carbonyl (C=O) groups excluding carboxylic acids is 2. The Morgan fingerprint density at radius 2 is 1.88 bits per heavy atom. The Balaban J connectivity index is 0.00000225. The second-order valence-corrected chi connectivity index (χ2v) is 6.75. The lowest BCUT2D eigenvalue weighted by Crippen LogP contribution is -2.49. The summed E-state index contributed by atoms with van der Waals surface area (Å²) in [6.07, 6.45) is 4.36. The first kappa shape index (κ1) is 19.7. The maximum absolute atomic E-state index is 12.8. The molecule has 0 unspecified atom stereocenters. The molecule has 2 aliphatic rings. The first-order valence-electron chi connectivity index (χ1n) is 8.65. The number of nitrogens with one attached hydrogen (secondary N) is 3. The van der Waals surface area contributed by atoms with E-state index >= 15 is 0 Å². The smallest absolute Gasteiger partial charge is 0.251 e. The van der Waals surface area contributed by atoms with Crippen LogP contribution in [0.1, 0.15) is 36.0 Å². The first-order chi connectivity index (χ1) is 11.6. The number of fused-ring (bicyclic) bond motifs is 1. The first-order valence-corrected chi connectivity index (χ1v) is 8.65. The molecule has 1 heterocycles. The molecule has 2 fully saturated rings. The monoisotopic (exact) mass is 369 g/mol. The van der Waals surface area contributed by atoms with Gasteiger partial charge in [-0.25, -0.2) is 4.39 Å². The van der Waals surface area contributed by atoms with Crippen LogP contribution in [-0.2, 0) is 4.79 Å². The molecule has 3 N–H and O–H groups in total. The van der Waals surface area contributed by atoms with Gasteiger partial charge in [-0.05, 0) is 49.6 Å². The number of rotatable bonds is 5. The summed E-state index contributed by atoms with van der Waals surface area (Å²) < 4.78 is 12.8. The summed E-state index contributed by atoms with van der Waals surface area (Å²) in [5, 5.41) is 9.08. The SMILES string of the molecule is Cl.O=C(NCCNC(=O)[C@@]12CCCC[C@H]1CNC2)c1ccc(F)cc1. The van der Waals surface area contributed by atoms with Crippen LogP contribution >= 0.6 is 12.4 Å². The molecule has 138 valence electrons. The molecule has 2 amide bonds. The van der Waals surface area contributed by atoms with Crippen molar-refractivity contribution >= 4 is 24.2 Å². The largest absolute Gasteiger partial charge is 0.354 e. The summed E-state index contributed by atoms with van der Waals surface area (Å²) >= 11 is 0. The molecule has 1 aromatic rings. The van der Waals surface area contributed by atoms with E-state index in [4.69, 9.17) is 0 Å². The van der Waals surface area contributed by atoms with Crippen molar-refractivity contribution in [2.75, 3.05) is 26.2 Å². The zero-order valence-corrected chi connectivity index (χ0v) is 15.0. The van der Waals surface area contributed by atoms with Crippen molar-refractivity contribution in [3.05, 3.63) is 35.6 Å². The number of carbonyl (C=O) groups is 2. The van der Waals surface area contributed by atoms with Crippen molar-refractivity contribution in [1.29, 1.82) is 0 Å². The Bertz CT molecular complexity index is 611. The fourth-order valence-corrected chi connectivity index (χ4v) is 3.92. The molecule has 1 aromatic carbocycles. The van der Waals surface area contributed by atoms with Gasteiger partial charge >= 0.3 is 0 Å². The highest BCUT2D eigenvalue weighted by molar-refractivity contribution is 5.94. The van der Waals surface area contributed by atoms with Crippen LogP contribution in [0.3, 0.4) is 0 Å². The maximum Gasteiger partial charge on any atom is 0.251 e. The Morgan fingerprint density at radius 3 is 2.64 bits per heavy atom. The molecule has 0 spiro atoms. The Kier molecular flexibility index (Phi) is 6.79. The van der Waals surface area contributed by atoms with Gasteiger partial charge in [-0.3, -0.25) is 9.59 Å². The van der Waals surface area contributed by atoms with Gasteiger partial charge in [0.1, 0.15) is 5.82 Å². The molecule has 1 aliphatic carbocycles. The average molecular weight is 370 g/mol. The Hall–Kier alpha value is -1.66. The lowest BCUT2D eigenvalue weighted by molar-refractivity contribution is -0.133. The van der Waals surface area contributed by atoms with Crippen molar-refractivity contribution in [3.63, 3.8) is 0 Å². The quantitative estimate of drug-likeness (QED) is 0.694. The second kappa shape index (κ2) is 8.63. The highest BCUT2D eigenvalue weighted by atomic mass is 35.5. The van der Waals surface area contributed by atoms with Gasteiger partial charge in [0.2, 0.25) is 5.91 Å². The van der Waals surface area contributed by atoms with E-state index in [9.17, 15) is 14.0 Å². The van der Waals surface area contributed by atoms with E-state index in [-0.39, 0.29) is 35.5 Å². The van der Waals surface area contributed by atoms with Crippen LogP contribution in [0.15, 0.2) is 24.3 Å². The zero-order chi connectivity index (χ0) is 17.0. The standard InChI is InChI=1S/C18H24FN3O2.ClH/c19-15-6-4-13(5-7-15)16(23)21-9-10-22-17(24)18-8-2-1-3-14(18)11-20-12-18;/h4-7,14,20H,1-3,8-12H2,(H,21,23)(H,22,24);1H/t14-,18+;/m0./s1. The van der Waals surface area contributed by atoms with Crippen LogP contribution in [0.25, 0.3) is 0 Å². The van der Waals surface area contributed by atoms with Gasteiger partial charge in [0.15, 0.2) is 0 Å². The Morgan fingerprint density at radius 1 is 1.16 bits per heavy atom. The molecule has 2 atom stereocenters. The molecule has 5 nitrogen and oxygen atoms in total. The number of halogens is 2. The molecule has 1 aliphatic heterocycles. The maximum atomic E-state index is 12.8. The molecule has 0 bridgehead atoms. The van der Waals surface area contributed by atoms with Gasteiger partial charge in [-0.15, -0.1) is 12.4 Å². The van der Waals surface area contributed by atoms with Gasteiger partial charge in [0.25, 0.3) is 5.91 Å². The number of hydrogen-bond acceptors (Lipinski definition) is 3. The number of amides is 2. The number of hydrogen-bond donors (Lipinski definition) is 3. The van der Waals surface area contributed by atoms with Crippen molar-refractivity contribution < 1.29 is 14.0 Å². The van der Waals surface area contributed by atoms with Gasteiger partial charge in [0, 0.05) is 25.2 Å². The summed E-state index contributed by atoms with van der Waals surface area (Å²) in [7, 11) is 0. The van der Waals surface area contributed by atoms with Crippen LogP contribution in [0.2, 0.25) is 0 Å². The highest BCUT2D eigenvalue weighted by Gasteiger charge is 2.49. The van der Waals surface area contributed by atoms with E-state index < -0.39 is 0 Å². The van der Waals surface area contributed by atoms with Crippen LogP contribution in [0.4, 0.5) is 4.39 Å². The number of benzene rings is 1. The third-order valence-corrected chi connectivity index (χ3v) is 5.29. The van der Waals surface area contributed by atoms with E-state index in [2.05, 4.69) is 16.0 Å². The van der Waals surface area contributed by atoms with Gasteiger partial charge in [-0.1, -0.05) is 12.8 Å². The van der Waals surface area contributed by atoms with Crippen molar-refractivity contribution in [2.45, 2.75) is 25.7 Å². The molecule has 7 heteroatoms. The lowest BCUT2D eigenvalue weighted by atomic mass is 9.67. The normalized spacial score (nSPS) is 24.8. The van der Waals surface area contributed by atoms with Crippen molar-refractivity contribution in [1.82, 2.24) is 16.0 Å². The topological polar surface area (TPSA) is 70.2 Å². The predicted octanol–water partition coefficient (Wildman–Crippen LogP) is 1.87. The zero-order valence-electron chi connectivity index (χ0n) is 14.1. The average Bonchev–Trinajstić information content (AvgIpc) is 3.04. The van der Waals surface area contributed by atoms with Crippen LogP contribution < -0.4 is 16.0 Å². The highest BCUT2D eigenvalue weighted by Crippen LogP contribution is 2.43. The van der Waals surface area contributed by atoms with Gasteiger partial charge in [0.05, 0.1) is 5.41 Å². The molecular formula is C18H25ClFN3O2. The van der Waals surface area contributed by atoms with Gasteiger partial charge < -0.3 is 16.0 Å². The fourth-order valence-electron chi connectivity index (χ4n) is 3.92. The van der Waals surface area contributed by atoms with Crippen LogP contribution in [0.5, 0.6) is 0 Å². The lowest BCUT2D eigenvalue weighted by Gasteiger charge is -2.37. The summed E-state index contributed by atoms with van der Waals surface area (Å²) in [6.45, 7) is 2.44. The Labute approximate surface area is 153 Å². The fraction of sp³-hybridized carbons (Fsp3) is 0.556. The summed E-state index contributed by atoms with van der Waals surface area (Å²) in [6, 6.07) is 5.40. The second-order valence-electron chi connectivity index (χ2n) is 6.75. The molecule has 0 radical (unpaired) electrons. The van der Waals surface area contributed by atoms with Crippen LogP contribution in [-0.4, -0.2) is 38.0 Å². The third kappa shape index (κ3) is 4.30. The minimum absolute atomic E-state index is 0. The minimum atomic E-state index is -0.370. The summed E-state index contributed by atoms with van der Waals surface area (Å²) in [4.78, 5) is 24.6. The van der Waals surface area contributed by atoms with Gasteiger partial charge in [-0.2, -0.15) is 0 Å². The molecule has 1 saturated heterocycles. The predicted molar refractivity (Wildman–Crippen MR) is 96.3 cm³/mol. The van der Waals surface area contributed by atoms with Crippen molar-refractivity contribution in [2.24, 2.45) is 11.3 Å². The molecule has 25 heavy (non-hydrogen) atoms. The molecule has 1 saturated carbocycles. The summed E-state index contributed by atoms with van der Waals surface area (Å²) in [5.41, 5.74) is 0.146. The van der Waals surface area contributed by atoms with E-state index in [0.717, 1.165) is 32.4 Å². The molecule has 3 rings (SSSR count). The van der Waals surface area contributed by atoms with E-state index in [1.807, 2.05) is 0 Å². The molecular weight excluding hydrogens is 345 g/mol. The van der Waals surface area contributed by atoms with E-state index in [1.54, 1.807) is 0 Å². The van der Waals surface area contributed by atoms with Crippen molar-refractivity contribution in [3.8, 4) is 0 Å². The molecule has 0 aromatic heterocycles. The van der Waals surface area contributed by atoms with E-state index in [1.165, 1.54) is 30.7 Å². The summed E-state index contributed by atoms with van der Waals surface area (Å²) in [5.74, 6) is -0.0981. The third-order valence-electron chi connectivity index (χ3n) is 5.29.